The van der Waals surface area contributed by atoms with Crippen LogP contribution in [0.5, 0.6) is 0 Å². The fraction of sp³-hybridized carbons (Fsp3) is 0.0714. The minimum Gasteiger partial charge on any atom is -0.348 e. The SMILES string of the molecule is O=CN[C@H](c1ccccc1)c1cccc([N+](=O)[O-])c1. The Labute approximate surface area is 110 Å². The van der Waals surface area contributed by atoms with Crippen molar-refractivity contribution in [3.8, 4) is 0 Å². The Morgan fingerprint density at radius 2 is 1.74 bits per heavy atom. The van der Waals surface area contributed by atoms with Crippen LogP contribution in [0.3, 0.4) is 0 Å². The summed E-state index contributed by atoms with van der Waals surface area (Å²) in [5, 5.41) is 13.5. The van der Waals surface area contributed by atoms with Gasteiger partial charge in [0.15, 0.2) is 0 Å². The summed E-state index contributed by atoms with van der Waals surface area (Å²) in [7, 11) is 0. The van der Waals surface area contributed by atoms with E-state index in [1.165, 1.54) is 12.1 Å². The van der Waals surface area contributed by atoms with Gasteiger partial charge in [-0.15, -0.1) is 0 Å². The summed E-state index contributed by atoms with van der Waals surface area (Å²) in [5.74, 6) is 0. The molecule has 0 saturated carbocycles. The summed E-state index contributed by atoms with van der Waals surface area (Å²) in [6.07, 6.45) is 0.594. The number of rotatable bonds is 5. The first-order valence-corrected chi connectivity index (χ1v) is 5.71. The van der Waals surface area contributed by atoms with Crippen molar-refractivity contribution in [2.45, 2.75) is 6.04 Å². The third-order valence-electron chi connectivity index (χ3n) is 2.78. The van der Waals surface area contributed by atoms with E-state index in [0.717, 1.165) is 5.56 Å². The number of non-ortho nitro benzene ring substituents is 1. The van der Waals surface area contributed by atoms with Crippen LogP contribution in [0.15, 0.2) is 54.6 Å². The van der Waals surface area contributed by atoms with Crippen LogP contribution >= 0.6 is 0 Å². The Morgan fingerprint density at radius 1 is 1.05 bits per heavy atom. The van der Waals surface area contributed by atoms with E-state index < -0.39 is 11.0 Å². The summed E-state index contributed by atoms with van der Waals surface area (Å²) in [6.45, 7) is 0. The highest BCUT2D eigenvalue weighted by atomic mass is 16.6. The zero-order valence-corrected chi connectivity index (χ0v) is 10.0. The second-order valence-corrected chi connectivity index (χ2v) is 3.98. The van der Waals surface area contributed by atoms with Crippen molar-refractivity contribution >= 4 is 12.1 Å². The maximum absolute atomic E-state index is 10.8. The molecular weight excluding hydrogens is 244 g/mol. The van der Waals surface area contributed by atoms with E-state index >= 15 is 0 Å². The Bertz CT molecular complexity index is 584. The van der Waals surface area contributed by atoms with Crippen LogP contribution < -0.4 is 5.32 Å². The maximum Gasteiger partial charge on any atom is 0.269 e. The predicted molar refractivity (Wildman–Crippen MR) is 70.6 cm³/mol. The molecule has 0 aromatic heterocycles. The second kappa shape index (κ2) is 5.77. The molecule has 0 heterocycles. The number of hydrogen-bond donors (Lipinski definition) is 1. The largest absolute Gasteiger partial charge is 0.348 e. The lowest BCUT2D eigenvalue weighted by molar-refractivity contribution is -0.384. The van der Waals surface area contributed by atoms with Crippen LogP contribution in [0.2, 0.25) is 0 Å². The van der Waals surface area contributed by atoms with Crippen LogP contribution in [0, 0.1) is 10.1 Å². The van der Waals surface area contributed by atoms with Crippen molar-refractivity contribution in [2.24, 2.45) is 0 Å². The van der Waals surface area contributed by atoms with Crippen molar-refractivity contribution < 1.29 is 9.72 Å². The molecule has 2 aromatic rings. The van der Waals surface area contributed by atoms with E-state index in [2.05, 4.69) is 5.32 Å². The Morgan fingerprint density at radius 3 is 2.37 bits per heavy atom. The molecule has 2 rings (SSSR count). The molecule has 5 heteroatoms. The van der Waals surface area contributed by atoms with E-state index in [0.29, 0.717) is 12.0 Å². The van der Waals surface area contributed by atoms with Crippen molar-refractivity contribution in [1.29, 1.82) is 0 Å². The predicted octanol–water partition coefficient (Wildman–Crippen LogP) is 2.43. The van der Waals surface area contributed by atoms with Gasteiger partial charge in [0.2, 0.25) is 6.41 Å². The average Bonchev–Trinajstić information content (AvgIpc) is 2.46. The van der Waals surface area contributed by atoms with E-state index in [1.807, 2.05) is 30.3 Å². The smallest absolute Gasteiger partial charge is 0.269 e. The summed E-state index contributed by atoms with van der Waals surface area (Å²) < 4.78 is 0. The van der Waals surface area contributed by atoms with E-state index in [4.69, 9.17) is 0 Å². The molecule has 0 radical (unpaired) electrons. The number of nitro groups is 1. The van der Waals surface area contributed by atoms with Crippen LogP contribution in [0.4, 0.5) is 5.69 Å². The highest BCUT2D eigenvalue weighted by Crippen LogP contribution is 2.24. The Hall–Kier alpha value is -2.69. The lowest BCUT2D eigenvalue weighted by atomic mass is 9.98. The highest BCUT2D eigenvalue weighted by molar-refractivity contribution is 5.51. The van der Waals surface area contributed by atoms with Gasteiger partial charge in [-0.1, -0.05) is 42.5 Å². The normalized spacial score (nSPS) is 11.6. The number of nitrogens with zero attached hydrogens (tertiary/aromatic N) is 1. The van der Waals surface area contributed by atoms with Gasteiger partial charge in [-0.25, -0.2) is 0 Å². The molecule has 5 nitrogen and oxygen atoms in total. The lowest BCUT2D eigenvalue weighted by Gasteiger charge is -2.16. The third-order valence-corrected chi connectivity index (χ3v) is 2.78. The molecule has 0 spiro atoms. The van der Waals surface area contributed by atoms with E-state index in [-0.39, 0.29) is 5.69 Å². The molecular formula is C14H12N2O3. The van der Waals surface area contributed by atoms with Gasteiger partial charge in [0.05, 0.1) is 11.0 Å². The average molecular weight is 256 g/mol. The molecule has 96 valence electrons. The molecule has 0 unspecified atom stereocenters. The van der Waals surface area contributed by atoms with Gasteiger partial charge in [-0.2, -0.15) is 0 Å². The monoisotopic (exact) mass is 256 g/mol. The molecule has 1 N–H and O–H groups in total. The Balaban J connectivity index is 2.42. The standard InChI is InChI=1S/C14H12N2O3/c17-10-15-14(11-5-2-1-3-6-11)12-7-4-8-13(9-12)16(18)19/h1-10,14H,(H,15,17)/t14-/m1/s1. The van der Waals surface area contributed by atoms with Gasteiger partial charge < -0.3 is 5.32 Å². The quantitative estimate of drug-likeness (QED) is 0.507. The topological polar surface area (TPSA) is 72.2 Å². The van der Waals surface area contributed by atoms with Crippen molar-refractivity contribution in [3.63, 3.8) is 0 Å². The summed E-state index contributed by atoms with van der Waals surface area (Å²) >= 11 is 0. The molecule has 2 aromatic carbocycles. The van der Waals surface area contributed by atoms with E-state index in [9.17, 15) is 14.9 Å². The van der Waals surface area contributed by atoms with Gasteiger partial charge in [0.1, 0.15) is 0 Å². The van der Waals surface area contributed by atoms with Crippen LogP contribution in [0.1, 0.15) is 17.2 Å². The molecule has 0 bridgehead atoms. The fourth-order valence-electron chi connectivity index (χ4n) is 1.92. The van der Waals surface area contributed by atoms with Crippen molar-refractivity contribution in [2.75, 3.05) is 0 Å². The molecule has 0 saturated heterocycles. The number of hydrogen-bond acceptors (Lipinski definition) is 3. The maximum atomic E-state index is 10.8. The molecule has 0 fully saturated rings. The number of carbonyl (C=O) groups is 1. The number of benzene rings is 2. The summed E-state index contributed by atoms with van der Waals surface area (Å²) in [5.41, 5.74) is 1.55. The first-order chi connectivity index (χ1) is 9.22. The Kier molecular flexibility index (Phi) is 3.87. The number of nitro benzene ring substituents is 1. The first kappa shape index (κ1) is 12.8. The van der Waals surface area contributed by atoms with Crippen molar-refractivity contribution in [1.82, 2.24) is 5.32 Å². The van der Waals surface area contributed by atoms with Gasteiger partial charge >= 0.3 is 0 Å². The van der Waals surface area contributed by atoms with Crippen LogP contribution in [-0.2, 0) is 4.79 Å². The highest BCUT2D eigenvalue weighted by Gasteiger charge is 2.15. The van der Waals surface area contributed by atoms with Gasteiger partial charge in [-0.3, -0.25) is 14.9 Å². The minimum atomic E-state index is -0.452. The van der Waals surface area contributed by atoms with Crippen molar-refractivity contribution in [3.05, 3.63) is 75.8 Å². The zero-order chi connectivity index (χ0) is 13.7. The van der Waals surface area contributed by atoms with Gasteiger partial charge in [-0.05, 0) is 11.1 Å². The van der Waals surface area contributed by atoms with Gasteiger partial charge in [0.25, 0.3) is 5.69 Å². The first-order valence-electron chi connectivity index (χ1n) is 5.71. The number of carbonyl (C=O) groups excluding carboxylic acids is 1. The lowest BCUT2D eigenvalue weighted by Crippen LogP contribution is -2.20. The van der Waals surface area contributed by atoms with E-state index in [1.54, 1.807) is 12.1 Å². The summed E-state index contributed by atoms with van der Waals surface area (Å²) in [6, 6.07) is 15.2. The molecule has 1 atom stereocenters. The molecule has 19 heavy (non-hydrogen) atoms. The summed E-state index contributed by atoms with van der Waals surface area (Å²) in [4.78, 5) is 21.1. The number of nitrogens with one attached hydrogen (secondary N) is 1. The second-order valence-electron chi connectivity index (χ2n) is 3.98. The molecule has 0 aliphatic carbocycles. The molecule has 0 aliphatic heterocycles. The molecule has 0 aliphatic rings. The van der Waals surface area contributed by atoms with Gasteiger partial charge in [0, 0.05) is 12.1 Å². The van der Waals surface area contributed by atoms with Crippen LogP contribution in [-0.4, -0.2) is 11.3 Å². The van der Waals surface area contributed by atoms with Crippen LogP contribution in [0.25, 0.3) is 0 Å². The zero-order valence-electron chi connectivity index (χ0n) is 10.0. The minimum absolute atomic E-state index is 0.00568. The molecule has 1 amide bonds. The number of amides is 1. The third kappa shape index (κ3) is 2.95. The fourth-order valence-corrected chi connectivity index (χ4v) is 1.92.